The molecule has 0 radical (unpaired) electrons. The van der Waals surface area contributed by atoms with Gasteiger partial charge in [0, 0.05) is 22.8 Å². The van der Waals surface area contributed by atoms with Crippen molar-refractivity contribution < 1.29 is 19.4 Å². The molecule has 0 spiro atoms. The van der Waals surface area contributed by atoms with Gasteiger partial charge in [-0.2, -0.15) is 0 Å². The van der Waals surface area contributed by atoms with Crippen molar-refractivity contribution in [1.29, 1.82) is 0 Å². The molecule has 1 aliphatic rings. The van der Waals surface area contributed by atoms with Crippen LogP contribution in [0.5, 0.6) is 5.75 Å². The van der Waals surface area contributed by atoms with Crippen LogP contribution in [0.3, 0.4) is 0 Å². The molecule has 1 heterocycles. The summed E-state index contributed by atoms with van der Waals surface area (Å²) in [6.45, 7) is 0. The average Bonchev–Trinajstić information content (AvgIpc) is 3.10. The van der Waals surface area contributed by atoms with Gasteiger partial charge in [-0.3, -0.25) is 4.79 Å². The molecule has 0 fully saturated rings. The Morgan fingerprint density at radius 3 is 2.52 bits per heavy atom. The highest BCUT2D eigenvalue weighted by Crippen LogP contribution is 2.29. The highest BCUT2D eigenvalue weighted by molar-refractivity contribution is 7.14. The summed E-state index contributed by atoms with van der Waals surface area (Å²) < 4.78 is 5.13. The normalized spacial score (nSPS) is 19.4. The molecule has 1 aliphatic carbocycles. The molecule has 2 aromatic rings. The molecule has 0 unspecified atom stereocenters. The van der Waals surface area contributed by atoms with Crippen molar-refractivity contribution in [3.8, 4) is 17.0 Å². The Kier molecular flexibility index (Phi) is 5.14. The fourth-order valence-electron chi connectivity index (χ4n) is 2.79. The Balaban J connectivity index is 1.71. The number of aromatic nitrogens is 1. The van der Waals surface area contributed by atoms with Gasteiger partial charge in [0.25, 0.3) is 0 Å². The lowest BCUT2D eigenvalue weighted by molar-refractivity contribution is -0.313. The Bertz CT molecular complexity index is 798. The molecule has 1 amide bonds. The number of benzene rings is 1. The van der Waals surface area contributed by atoms with Crippen LogP contribution < -0.4 is 15.2 Å². The van der Waals surface area contributed by atoms with E-state index in [0.29, 0.717) is 18.0 Å². The second-order valence-electron chi connectivity index (χ2n) is 5.73. The van der Waals surface area contributed by atoms with Gasteiger partial charge in [-0.05, 0) is 37.1 Å². The summed E-state index contributed by atoms with van der Waals surface area (Å²) in [5.74, 6) is -2.21. The number of allylic oxidation sites excluding steroid dienone is 2. The highest BCUT2D eigenvalue weighted by Gasteiger charge is 2.30. The molecule has 0 saturated heterocycles. The molecular weight excluding hydrogens is 340 g/mol. The second kappa shape index (κ2) is 7.48. The Morgan fingerprint density at radius 1 is 1.20 bits per heavy atom. The molecule has 25 heavy (non-hydrogen) atoms. The average molecular weight is 357 g/mol. The zero-order valence-corrected chi connectivity index (χ0v) is 14.4. The van der Waals surface area contributed by atoms with Crippen molar-refractivity contribution in [2.24, 2.45) is 11.8 Å². The van der Waals surface area contributed by atoms with E-state index >= 15 is 0 Å². The molecule has 6 nitrogen and oxygen atoms in total. The molecule has 7 heteroatoms. The number of amides is 1. The monoisotopic (exact) mass is 357 g/mol. The smallest absolute Gasteiger partial charge is 0.230 e. The minimum atomic E-state index is -1.19. The summed E-state index contributed by atoms with van der Waals surface area (Å²) in [6.07, 6.45) is 4.31. The van der Waals surface area contributed by atoms with Crippen LogP contribution in [-0.4, -0.2) is 24.0 Å². The van der Waals surface area contributed by atoms with E-state index in [1.165, 1.54) is 11.3 Å². The lowest BCUT2D eigenvalue weighted by Gasteiger charge is -2.27. The van der Waals surface area contributed by atoms with Crippen molar-refractivity contribution >= 4 is 28.3 Å². The first-order valence-corrected chi connectivity index (χ1v) is 8.73. The number of rotatable bonds is 5. The van der Waals surface area contributed by atoms with Crippen LogP contribution in [0.1, 0.15) is 12.8 Å². The van der Waals surface area contributed by atoms with Crippen LogP contribution in [0, 0.1) is 11.8 Å². The maximum atomic E-state index is 12.4. The van der Waals surface area contributed by atoms with Gasteiger partial charge < -0.3 is 20.0 Å². The number of hydrogen-bond donors (Lipinski definition) is 1. The third kappa shape index (κ3) is 3.88. The van der Waals surface area contributed by atoms with E-state index in [4.69, 9.17) is 4.74 Å². The third-order valence-electron chi connectivity index (χ3n) is 4.19. The number of anilines is 1. The van der Waals surface area contributed by atoms with E-state index in [1.54, 1.807) is 13.2 Å². The van der Waals surface area contributed by atoms with Crippen molar-refractivity contribution in [1.82, 2.24) is 4.98 Å². The van der Waals surface area contributed by atoms with Gasteiger partial charge in [-0.1, -0.05) is 12.2 Å². The molecule has 1 aromatic heterocycles. The van der Waals surface area contributed by atoms with Crippen molar-refractivity contribution in [2.75, 3.05) is 12.4 Å². The van der Waals surface area contributed by atoms with E-state index < -0.39 is 17.8 Å². The predicted molar refractivity (Wildman–Crippen MR) is 93.1 cm³/mol. The number of carbonyl (C=O) groups excluding carboxylic acids is 2. The van der Waals surface area contributed by atoms with Gasteiger partial charge >= 0.3 is 0 Å². The van der Waals surface area contributed by atoms with Gasteiger partial charge in [-0.15, -0.1) is 11.3 Å². The third-order valence-corrected chi connectivity index (χ3v) is 4.95. The summed E-state index contributed by atoms with van der Waals surface area (Å²) in [4.78, 5) is 28.0. The van der Waals surface area contributed by atoms with Gasteiger partial charge in [-0.25, -0.2) is 4.98 Å². The van der Waals surface area contributed by atoms with Gasteiger partial charge in [0.15, 0.2) is 5.13 Å². The molecule has 0 bridgehead atoms. The molecule has 1 N–H and O–H groups in total. The fourth-order valence-corrected chi connectivity index (χ4v) is 3.51. The Hall–Kier alpha value is -2.67. The number of aliphatic carboxylic acids is 1. The minimum Gasteiger partial charge on any atom is -0.550 e. The number of methoxy groups -OCH3 is 1. The van der Waals surface area contributed by atoms with Gasteiger partial charge in [0.2, 0.25) is 5.91 Å². The van der Waals surface area contributed by atoms with Gasteiger partial charge in [0.05, 0.1) is 18.7 Å². The van der Waals surface area contributed by atoms with Crippen molar-refractivity contribution in [2.45, 2.75) is 12.8 Å². The van der Waals surface area contributed by atoms with E-state index in [9.17, 15) is 14.7 Å². The number of carboxylic acids is 1. The number of ether oxygens (including phenoxy) is 1. The zero-order chi connectivity index (χ0) is 17.8. The molecule has 0 aliphatic heterocycles. The Labute approximate surface area is 149 Å². The summed E-state index contributed by atoms with van der Waals surface area (Å²) in [5, 5.41) is 16.2. The van der Waals surface area contributed by atoms with E-state index in [1.807, 2.05) is 35.7 Å². The summed E-state index contributed by atoms with van der Waals surface area (Å²) in [6, 6.07) is 7.45. The number of hydrogen-bond acceptors (Lipinski definition) is 6. The summed E-state index contributed by atoms with van der Waals surface area (Å²) in [5.41, 5.74) is 1.65. The summed E-state index contributed by atoms with van der Waals surface area (Å²) in [7, 11) is 1.60. The van der Waals surface area contributed by atoms with Crippen LogP contribution in [0.15, 0.2) is 41.8 Å². The Morgan fingerprint density at radius 2 is 1.88 bits per heavy atom. The van der Waals surface area contributed by atoms with E-state index in [2.05, 4.69) is 10.3 Å². The van der Waals surface area contributed by atoms with Crippen LogP contribution >= 0.6 is 11.3 Å². The molecular formula is C18H17N2O4S-. The maximum absolute atomic E-state index is 12.4. The molecule has 130 valence electrons. The maximum Gasteiger partial charge on any atom is 0.230 e. The first kappa shape index (κ1) is 17.2. The van der Waals surface area contributed by atoms with Crippen LogP contribution in [0.2, 0.25) is 0 Å². The van der Waals surface area contributed by atoms with Crippen molar-refractivity contribution in [3.05, 3.63) is 41.8 Å². The van der Waals surface area contributed by atoms with Gasteiger partial charge in [0.1, 0.15) is 5.75 Å². The van der Waals surface area contributed by atoms with Crippen LogP contribution in [0.4, 0.5) is 5.13 Å². The zero-order valence-electron chi connectivity index (χ0n) is 13.6. The second-order valence-corrected chi connectivity index (χ2v) is 6.59. The quantitative estimate of drug-likeness (QED) is 0.828. The lowest BCUT2D eigenvalue weighted by atomic mass is 9.82. The summed E-state index contributed by atoms with van der Waals surface area (Å²) >= 11 is 1.30. The molecule has 3 rings (SSSR count). The first-order valence-electron chi connectivity index (χ1n) is 7.85. The lowest BCUT2D eigenvalue weighted by Crippen LogP contribution is -2.41. The predicted octanol–water partition coefficient (Wildman–Crippen LogP) is 2.09. The van der Waals surface area contributed by atoms with Crippen LogP contribution in [-0.2, 0) is 9.59 Å². The SMILES string of the molecule is COc1ccc(-c2csc(NC(=O)[C@H]3CC=CC[C@H]3C(=O)[O-])n2)cc1. The number of thiazole rings is 1. The highest BCUT2D eigenvalue weighted by atomic mass is 32.1. The number of nitrogens with one attached hydrogen (secondary N) is 1. The van der Waals surface area contributed by atoms with Crippen LogP contribution in [0.25, 0.3) is 11.3 Å². The van der Waals surface area contributed by atoms with Crippen molar-refractivity contribution in [3.63, 3.8) is 0 Å². The first-order chi connectivity index (χ1) is 12.1. The number of carboxylic acid groups (broad SMARTS) is 1. The minimum absolute atomic E-state index is 0.315. The number of nitrogens with zero attached hydrogens (tertiary/aromatic N) is 1. The van der Waals surface area contributed by atoms with E-state index in [0.717, 1.165) is 17.0 Å². The topological polar surface area (TPSA) is 91.3 Å². The fraction of sp³-hybridized carbons (Fsp3) is 0.278. The molecule has 0 saturated carbocycles. The molecule has 1 aromatic carbocycles. The van der Waals surface area contributed by atoms with E-state index in [-0.39, 0.29) is 5.91 Å². The number of carbonyl (C=O) groups is 2. The molecule has 2 atom stereocenters. The standard InChI is InChI=1S/C18H18N2O4S/c1-24-12-8-6-11(7-9-12)15-10-25-18(19-15)20-16(21)13-4-2-3-5-14(13)17(22)23/h2-3,6-10,13-14H,4-5H2,1H3,(H,22,23)(H,19,20,21)/p-1/t13-,14+/m0/s1. The largest absolute Gasteiger partial charge is 0.550 e.